The second-order valence-corrected chi connectivity index (χ2v) is 9.12. The Hall–Kier alpha value is -2.58. The summed E-state index contributed by atoms with van der Waals surface area (Å²) in [6, 6.07) is 10.6. The Balaban J connectivity index is 1.29. The van der Waals surface area contributed by atoms with Gasteiger partial charge in [-0.05, 0) is 43.7 Å². The number of amides is 1. The summed E-state index contributed by atoms with van der Waals surface area (Å²) in [6.45, 7) is 4.10. The van der Waals surface area contributed by atoms with Crippen LogP contribution in [0.25, 0.3) is 17.0 Å². The molecule has 1 aromatic heterocycles. The first-order chi connectivity index (χ1) is 15.2. The average Bonchev–Trinajstić information content (AvgIpc) is 3.16. The van der Waals surface area contributed by atoms with Crippen molar-refractivity contribution in [3.05, 3.63) is 42.1 Å². The summed E-state index contributed by atoms with van der Waals surface area (Å²) >= 11 is 0. The van der Waals surface area contributed by atoms with Gasteiger partial charge < -0.3 is 14.8 Å². The summed E-state index contributed by atoms with van der Waals surface area (Å²) in [5, 5.41) is 13.2. The van der Waals surface area contributed by atoms with E-state index in [0.29, 0.717) is 13.0 Å². The molecule has 2 aromatic rings. The molecular formula is C26H34N4O. The number of nitrogens with zero attached hydrogens (tertiary/aromatic N) is 3. The Morgan fingerprint density at radius 3 is 2.68 bits per heavy atom. The quantitative estimate of drug-likeness (QED) is 0.661. The van der Waals surface area contributed by atoms with Crippen LogP contribution < -0.4 is 5.32 Å². The number of hydrogen-bond acceptors (Lipinski definition) is 3. The molecule has 5 heteroatoms. The van der Waals surface area contributed by atoms with Crippen LogP contribution in [0.4, 0.5) is 0 Å². The first-order valence-electron chi connectivity index (χ1n) is 11.9. The molecule has 164 valence electrons. The van der Waals surface area contributed by atoms with E-state index in [0.717, 1.165) is 48.3 Å². The molecule has 4 rings (SSSR count). The van der Waals surface area contributed by atoms with Gasteiger partial charge in [0, 0.05) is 61.0 Å². The number of benzene rings is 1. The fourth-order valence-electron chi connectivity index (χ4n) is 5.17. The molecule has 1 aliphatic carbocycles. The van der Waals surface area contributed by atoms with E-state index in [1.807, 2.05) is 24.4 Å². The number of likely N-dealkylation sites (tertiary alicyclic amines) is 1. The van der Waals surface area contributed by atoms with Crippen LogP contribution in [0.15, 0.2) is 36.5 Å². The van der Waals surface area contributed by atoms with Crippen LogP contribution >= 0.6 is 0 Å². The minimum Gasteiger partial charge on any atom is -0.350 e. The lowest BCUT2D eigenvalue weighted by Gasteiger charge is -2.35. The van der Waals surface area contributed by atoms with Crippen molar-refractivity contribution in [3.8, 4) is 6.07 Å². The van der Waals surface area contributed by atoms with E-state index in [1.165, 1.54) is 38.6 Å². The SMILES string of the molecule is N#CCCn1cc(/C=C/C(=O)NC2CCN(CC3CCCCC3)CC2)c2ccccc21. The van der Waals surface area contributed by atoms with Gasteiger partial charge in [0.25, 0.3) is 0 Å². The lowest BCUT2D eigenvalue weighted by molar-refractivity contribution is -0.117. The summed E-state index contributed by atoms with van der Waals surface area (Å²) in [5.74, 6) is 0.873. The lowest BCUT2D eigenvalue weighted by Crippen LogP contribution is -2.45. The first kappa shape index (κ1) is 21.6. The van der Waals surface area contributed by atoms with Gasteiger partial charge in [-0.25, -0.2) is 0 Å². The number of nitrogens with one attached hydrogen (secondary N) is 1. The second kappa shape index (κ2) is 10.6. The van der Waals surface area contributed by atoms with Crippen molar-refractivity contribution in [2.45, 2.75) is 64.0 Å². The van der Waals surface area contributed by atoms with Gasteiger partial charge in [0.05, 0.1) is 12.5 Å². The largest absolute Gasteiger partial charge is 0.350 e. The van der Waals surface area contributed by atoms with E-state index in [1.54, 1.807) is 6.08 Å². The first-order valence-corrected chi connectivity index (χ1v) is 11.9. The zero-order valence-electron chi connectivity index (χ0n) is 18.4. The summed E-state index contributed by atoms with van der Waals surface area (Å²) in [7, 11) is 0. The third-order valence-electron chi connectivity index (χ3n) is 6.87. The van der Waals surface area contributed by atoms with E-state index in [4.69, 9.17) is 5.26 Å². The highest BCUT2D eigenvalue weighted by molar-refractivity contribution is 5.96. The molecule has 1 aliphatic heterocycles. The van der Waals surface area contributed by atoms with Gasteiger partial charge in [-0.1, -0.05) is 37.5 Å². The normalized spacial score (nSPS) is 19.1. The number of hydrogen-bond donors (Lipinski definition) is 1. The predicted octanol–water partition coefficient (Wildman–Crippen LogP) is 4.73. The van der Waals surface area contributed by atoms with Crippen LogP contribution in [-0.2, 0) is 11.3 Å². The molecule has 2 fully saturated rings. The van der Waals surface area contributed by atoms with Crippen LogP contribution in [0.1, 0.15) is 56.9 Å². The molecule has 5 nitrogen and oxygen atoms in total. The molecule has 1 aromatic carbocycles. The summed E-state index contributed by atoms with van der Waals surface area (Å²) in [6.07, 6.45) is 15.2. The number of aryl methyl sites for hydroxylation is 1. The highest BCUT2D eigenvalue weighted by Crippen LogP contribution is 2.26. The maximum atomic E-state index is 12.5. The van der Waals surface area contributed by atoms with Gasteiger partial charge in [-0.15, -0.1) is 0 Å². The molecule has 1 amide bonds. The smallest absolute Gasteiger partial charge is 0.244 e. The molecule has 0 unspecified atom stereocenters. The average molecular weight is 419 g/mol. The second-order valence-electron chi connectivity index (χ2n) is 9.12. The summed E-state index contributed by atoms with van der Waals surface area (Å²) < 4.78 is 2.10. The van der Waals surface area contributed by atoms with Crippen molar-refractivity contribution in [2.75, 3.05) is 19.6 Å². The predicted molar refractivity (Wildman–Crippen MR) is 125 cm³/mol. The minimum absolute atomic E-state index is 0.0143. The number of rotatable bonds is 7. The zero-order valence-corrected chi connectivity index (χ0v) is 18.4. The fourth-order valence-corrected chi connectivity index (χ4v) is 5.17. The van der Waals surface area contributed by atoms with Crippen molar-refractivity contribution in [1.29, 1.82) is 5.26 Å². The number of fused-ring (bicyclic) bond motifs is 1. The zero-order chi connectivity index (χ0) is 21.5. The number of nitriles is 1. The Kier molecular flexibility index (Phi) is 7.43. The van der Waals surface area contributed by atoms with Crippen LogP contribution in [0, 0.1) is 17.2 Å². The van der Waals surface area contributed by atoms with Gasteiger partial charge in [0.15, 0.2) is 0 Å². The maximum absolute atomic E-state index is 12.5. The van der Waals surface area contributed by atoms with Crippen LogP contribution in [-0.4, -0.2) is 41.1 Å². The van der Waals surface area contributed by atoms with Crippen molar-refractivity contribution in [2.24, 2.45) is 5.92 Å². The van der Waals surface area contributed by atoms with E-state index >= 15 is 0 Å². The Morgan fingerprint density at radius 1 is 1.13 bits per heavy atom. The van der Waals surface area contributed by atoms with Gasteiger partial charge in [0.2, 0.25) is 5.91 Å². The molecule has 1 saturated carbocycles. The Bertz CT molecular complexity index is 940. The third kappa shape index (κ3) is 5.77. The molecule has 0 bridgehead atoms. The Morgan fingerprint density at radius 2 is 1.90 bits per heavy atom. The number of carbonyl (C=O) groups is 1. The molecule has 0 radical (unpaired) electrons. The summed E-state index contributed by atoms with van der Waals surface area (Å²) in [5.41, 5.74) is 2.12. The molecular weight excluding hydrogens is 384 g/mol. The van der Waals surface area contributed by atoms with E-state index in [-0.39, 0.29) is 11.9 Å². The van der Waals surface area contributed by atoms with Gasteiger partial charge in [-0.2, -0.15) is 5.26 Å². The van der Waals surface area contributed by atoms with Crippen LogP contribution in [0.2, 0.25) is 0 Å². The lowest BCUT2D eigenvalue weighted by atomic mass is 9.88. The highest BCUT2D eigenvalue weighted by atomic mass is 16.1. The van der Waals surface area contributed by atoms with E-state index in [2.05, 4.69) is 33.0 Å². The van der Waals surface area contributed by atoms with E-state index < -0.39 is 0 Å². The molecule has 31 heavy (non-hydrogen) atoms. The molecule has 1 saturated heterocycles. The van der Waals surface area contributed by atoms with Crippen LogP contribution in [0.3, 0.4) is 0 Å². The molecule has 1 N–H and O–H groups in total. The van der Waals surface area contributed by atoms with Gasteiger partial charge >= 0.3 is 0 Å². The van der Waals surface area contributed by atoms with Gasteiger partial charge in [-0.3, -0.25) is 4.79 Å². The van der Waals surface area contributed by atoms with E-state index in [9.17, 15) is 4.79 Å². The standard InChI is InChI=1S/C26H34N4O/c27-15-6-16-30-20-22(24-9-4-5-10-25(24)30)11-12-26(31)28-23-13-17-29(18-14-23)19-21-7-2-1-3-8-21/h4-5,9-12,20-21,23H,1-3,6-8,13-14,16-19H2,(H,28,31)/b12-11+. The maximum Gasteiger partial charge on any atom is 0.244 e. The number of aromatic nitrogens is 1. The van der Waals surface area contributed by atoms with Crippen molar-refractivity contribution < 1.29 is 4.79 Å². The number of piperidine rings is 1. The summed E-state index contributed by atoms with van der Waals surface area (Å²) in [4.78, 5) is 15.1. The minimum atomic E-state index is -0.0143. The van der Waals surface area contributed by atoms with Crippen molar-refractivity contribution in [1.82, 2.24) is 14.8 Å². The highest BCUT2D eigenvalue weighted by Gasteiger charge is 2.23. The van der Waals surface area contributed by atoms with Crippen LogP contribution in [0.5, 0.6) is 0 Å². The third-order valence-corrected chi connectivity index (χ3v) is 6.87. The van der Waals surface area contributed by atoms with Gasteiger partial charge in [0.1, 0.15) is 0 Å². The molecule has 2 aliphatic rings. The molecule has 2 heterocycles. The number of carbonyl (C=O) groups excluding carboxylic acids is 1. The monoisotopic (exact) mass is 418 g/mol. The van der Waals surface area contributed by atoms with Crippen molar-refractivity contribution >= 4 is 22.9 Å². The number of para-hydroxylation sites is 1. The molecule has 0 atom stereocenters. The van der Waals surface area contributed by atoms with Crippen molar-refractivity contribution in [3.63, 3.8) is 0 Å². The molecule has 0 spiro atoms. The fraction of sp³-hybridized carbons (Fsp3) is 0.538. The topological polar surface area (TPSA) is 61.1 Å². The Labute approximate surface area is 185 Å².